The molecule has 172 valence electrons. The van der Waals surface area contributed by atoms with E-state index in [1.54, 1.807) is 5.57 Å². The van der Waals surface area contributed by atoms with Gasteiger partial charge >= 0.3 is 0 Å². The summed E-state index contributed by atoms with van der Waals surface area (Å²) in [7, 11) is 0. The highest BCUT2D eigenvalue weighted by Gasteiger charge is 2.50. The Balaban J connectivity index is 1.67. The first-order chi connectivity index (χ1) is 14.0. The Morgan fingerprint density at radius 2 is 1.80 bits per heavy atom. The predicted octanol–water partition coefficient (Wildman–Crippen LogP) is 5.78. The molecule has 6 unspecified atom stereocenters. The largest absolute Gasteiger partial charge is 0.392 e. The molecule has 0 spiro atoms. The number of allylic oxidation sites excluding steroid dienone is 3. The van der Waals surface area contributed by atoms with Crippen molar-refractivity contribution in [3.8, 4) is 0 Å². The van der Waals surface area contributed by atoms with Gasteiger partial charge in [-0.05, 0) is 88.4 Å². The molecule has 0 aromatic heterocycles. The van der Waals surface area contributed by atoms with E-state index in [9.17, 15) is 15.3 Å². The lowest BCUT2D eigenvalue weighted by Crippen LogP contribution is -2.36. The van der Waals surface area contributed by atoms with Gasteiger partial charge in [-0.3, -0.25) is 0 Å². The van der Waals surface area contributed by atoms with Crippen LogP contribution in [0.25, 0.3) is 0 Å². The van der Waals surface area contributed by atoms with Gasteiger partial charge in [-0.2, -0.15) is 0 Å². The fraction of sp³-hybridized carbons (Fsp3) is 0.852. The topological polar surface area (TPSA) is 60.7 Å². The second-order valence-electron chi connectivity index (χ2n) is 11.7. The average molecular weight is 419 g/mol. The molecule has 6 atom stereocenters. The first kappa shape index (κ1) is 24.0. The summed E-state index contributed by atoms with van der Waals surface area (Å²) in [6, 6.07) is 0. The summed E-state index contributed by atoms with van der Waals surface area (Å²) in [5, 5.41) is 30.5. The summed E-state index contributed by atoms with van der Waals surface area (Å²) in [4.78, 5) is 0. The number of fused-ring (bicyclic) bond motifs is 1. The lowest BCUT2D eigenvalue weighted by Gasteiger charge is -2.44. The quantitative estimate of drug-likeness (QED) is 0.512. The summed E-state index contributed by atoms with van der Waals surface area (Å²) >= 11 is 0. The van der Waals surface area contributed by atoms with Crippen molar-refractivity contribution < 1.29 is 15.3 Å². The Hall–Kier alpha value is -0.640. The second kappa shape index (κ2) is 9.46. The fourth-order valence-corrected chi connectivity index (χ4v) is 6.88. The SMILES string of the molecule is CC(CCCC(C)(C)O)C1CCC2/C(=C/C=C3CC(O)C(C)C(O)C3)CCCC21C. The van der Waals surface area contributed by atoms with Gasteiger partial charge in [0, 0.05) is 5.92 Å². The maximum atomic E-state index is 10.2. The molecular formula is C27H46O3. The molecule has 3 saturated carbocycles. The van der Waals surface area contributed by atoms with Crippen LogP contribution < -0.4 is 0 Å². The molecule has 0 heterocycles. The van der Waals surface area contributed by atoms with Crippen LogP contribution in [-0.4, -0.2) is 33.1 Å². The van der Waals surface area contributed by atoms with Gasteiger partial charge in [0.05, 0.1) is 17.8 Å². The molecular weight excluding hydrogens is 372 g/mol. The van der Waals surface area contributed by atoms with Crippen LogP contribution in [0.15, 0.2) is 23.3 Å². The van der Waals surface area contributed by atoms with Crippen molar-refractivity contribution in [1.82, 2.24) is 0 Å². The van der Waals surface area contributed by atoms with Crippen LogP contribution in [0.2, 0.25) is 0 Å². The van der Waals surface area contributed by atoms with E-state index in [0.717, 1.165) is 18.8 Å². The first-order valence-corrected chi connectivity index (χ1v) is 12.5. The zero-order chi connectivity index (χ0) is 22.1. The van der Waals surface area contributed by atoms with E-state index in [-0.39, 0.29) is 5.92 Å². The summed E-state index contributed by atoms with van der Waals surface area (Å²) < 4.78 is 0. The van der Waals surface area contributed by atoms with E-state index >= 15 is 0 Å². The van der Waals surface area contributed by atoms with Gasteiger partial charge in [0.15, 0.2) is 0 Å². The summed E-state index contributed by atoms with van der Waals surface area (Å²) in [5.74, 6) is 2.15. The minimum atomic E-state index is -0.547. The van der Waals surface area contributed by atoms with Crippen molar-refractivity contribution >= 4 is 0 Å². The molecule has 0 aromatic carbocycles. The van der Waals surface area contributed by atoms with Crippen LogP contribution in [-0.2, 0) is 0 Å². The monoisotopic (exact) mass is 418 g/mol. The maximum Gasteiger partial charge on any atom is 0.0627 e. The Bertz CT molecular complexity index is 629. The summed E-state index contributed by atoms with van der Waals surface area (Å²) in [6.45, 7) is 10.8. The lowest BCUT2D eigenvalue weighted by atomic mass is 9.60. The van der Waals surface area contributed by atoms with Gasteiger partial charge in [0.25, 0.3) is 0 Å². The molecule has 0 radical (unpaired) electrons. The maximum absolute atomic E-state index is 10.2. The fourth-order valence-electron chi connectivity index (χ4n) is 6.88. The molecule has 3 fully saturated rings. The van der Waals surface area contributed by atoms with E-state index in [4.69, 9.17) is 0 Å². The highest BCUT2D eigenvalue weighted by Crippen LogP contribution is 2.60. The molecule has 0 aromatic rings. The highest BCUT2D eigenvalue weighted by molar-refractivity contribution is 5.26. The van der Waals surface area contributed by atoms with Gasteiger partial charge in [0.1, 0.15) is 0 Å². The number of rotatable bonds is 6. The van der Waals surface area contributed by atoms with Crippen molar-refractivity contribution in [3.63, 3.8) is 0 Å². The minimum absolute atomic E-state index is 0.0266. The molecule has 3 heteroatoms. The summed E-state index contributed by atoms with van der Waals surface area (Å²) in [6.07, 6.45) is 14.8. The van der Waals surface area contributed by atoms with E-state index in [2.05, 4.69) is 26.0 Å². The zero-order valence-electron chi connectivity index (χ0n) is 20.0. The second-order valence-corrected chi connectivity index (χ2v) is 11.7. The van der Waals surface area contributed by atoms with Crippen molar-refractivity contribution in [2.45, 2.75) is 117 Å². The van der Waals surface area contributed by atoms with Crippen molar-refractivity contribution in [1.29, 1.82) is 0 Å². The Kier molecular flexibility index (Phi) is 7.58. The molecule has 30 heavy (non-hydrogen) atoms. The van der Waals surface area contributed by atoms with Crippen LogP contribution in [0.4, 0.5) is 0 Å². The normalized spacial score (nSPS) is 39.8. The third-order valence-corrected chi connectivity index (χ3v) is 8.86. The first-order valence-electron chi connectivity index (χ1n) is 12.5. The third-order valence-electron chi connectivity index (χ3n) is 8.86. The van der Waals surface area contributed by atoms with Crippen LogP contribution >= 0.6 is 0 Å². The standard InChI is InChI=1S/C27H46O3/c1-18(8-6-14-26(3,4)30)22-12-13-23-21(9-7-15-27(22,23)5)11-10-20-16-24(28)19(2)25(29)17-20/h10-11,18-19,22-25,28-30H,6-9,12-17H2,1-5H3/b20-10?,21-11+. The smallest absolute Gasteiger partial charge is 0.0627 e. The lowest BCUT2D eigenvalue weighted by molar-refractivity contribution is 0.00406. The van der Waals surface area contributed by atoms with E-state index in [1.807, 2.05) is 20.8 Å². The van der Waals surface area contributed by atoms with Gasteiger partial charge in [0.2, 0.25) is 0 Å². The number of hydrogen-bond donors (Lipinski definition) is 3. The Morgan fingerprint density at radius 3 is 2.43 bits per heavy atom. The third kappa shape index (κ3) is 5.40. The molecule has 0 saturated heterocycles. The van der Waals surface area contributed by atoms with Crippen LogP contribution in [0.1, 0.15) is 98.8 Å². The molecule has 3 aliphatic rings. The summed E-state index contributed by atoms with van der Waals surface area (Å²) in [5.41, 5.74) is 2.65. The molecule has 3 aliphatic carbocycles. The molecule has 3 rings (SSSR count). The Morgan fingerprint density at radius 1 is 1.13 bits per heavy atom. The van der Waals surface area contributed by atoms with Gasteiger partial charge < -0.3 is 15.3 Å². The van der Waals surface area contributed by atoms with Crippen molar-refractivity contribution in [2.75, 3.05) is 0 Å². The molecule has 0 bridgehead atoms. The minimum Gasteiger partial charge on any atom is -0.392 e. The van der Waals surface area contributed by atoms with Crippen LogP contribution in [0, 0.1) is 29.1 Å². The van der Waals surface area contributed by atoms with E-state index in [0.29, 0.717) is 30.1 Å². The molecule has 0 amide bonds. The zero-order valence-corrected chi connectivity index (χ0v) is 20.0. The number of hydrogen-bond acceptors (Lipinski definition) is 3. The average Bonchev–Trinajstić information content (AvgIpc) is 3.00. The highest BCUT2D eigenvalue weighted by atomic mass is 16.3. The van der Waals surface area contributed by atoms with Crippen molar-refractivity contribution in [3.05, 3.63) is 23.3 Å². The van der Waals surface area contributed by atoms with E-state index < -0.39 is 17.8 Å². The Labute approximate surface area is 184 Å². The van der Waals surface area contributed by atoms with Crippen LogP contribution in [0.5, 0.6) is 0 Å². The van der Waals surface area contributed by atoms with Gasteiger partial charge in [-0.1, -0.05) is 56.9 Å². The predicted molar refractivity (Wildman–Crippen MR) is 124 cm³/mol. The van der Waals surface area contributed by atoms with Gasteiger partial charge in [-0.25, -0.2) is 0 Å². The van der Waals surface area contributed by atoms with Crippen LogP contribution in [0.3, 0.4) is 0 Å². The van der Waals surface area contributed by atoms with Crippen molar-refractivity contribution in [2.24, 2.45) is 29.1 Å². The molecule has 3 N–H and O–H groups in total. The number of aliphatic hydroxyl groups excluding tert-OH is 2. The van der Waals surface area contributed by atoms with E-state index in [1.165, 1.54) is 44.1 Å². The van der Waals surface area contributed by atoms with Gasteiger partial charge in [-0.15, -0.1) is 0 Å². The molecule has 0 aliphatic heterocycles. The molecule has 3 nitrogen and oxygen atoms in total. The number of aliphatic hydroxyl groups is 3.